The first-order valence-corrected chi connectivity index (χ1v) is 5.52. The summed E-state index contributed by atoms with van der Waals surface area (Å²) in [7, 11) is 0. The van der Waals surface area contributed by atoms with E-state index in [0.29, 0.717) is 12.4 Å². The maximum absolute atomic E-state index is 12.2. The monoisotopic (exact) mass is 237 g/mol. The Labute approximate surface area is 98.8 Å². The molecule has 17 heavy (non-hydrogen) atoms. The Morgan fingerprint density at radius 1 is 1.41 bits per heavy atom. The average Bonchev–Trinajstić information content (AvgIpc) is 2.75. The summed E-state index contributed by atoms with van der Waals surface area (Å²) in [6, 6.07) is 1.73. The lowest BCUT2D eigenvalue weighted by atomic mass is 9.91. The van der Waals surface area contributed by atoms with Crippen molar-refractivity contribution in [1.82, 2.24) is 9.78 Å². The van der Waals surface area contributed by atoms with Gasteiger partial charge in [-0.2, -0.15) is 5.10 Å². The fourth-order valence-corrected chi connectivity index (χ4v) is 1.85. The van der Waals surface area contributed by atoms with Crippen LogP contribution in [0.1, 0.15) is 20.3 Å². The van der Waals surface area contributed by atoms with Crippen LogP contribution in [-0.4, -0.2) is 33.3 Å². The van der Waals surface area contributed by atoms with Gasteiger partial charge in [0, 0.05) is 19.2 Å². The smallest absolute Gasteiger partial charge is 0.318 e. The number of carbonyl (C=O) groups excluding carboxylic acids is 1. The van der Waals surface area contributed by atoms with Crippen LogP contribution >= 0.6 is 0 Å². The number of fused-ring (bicyclic) bond motifs is 1. The van der Waals surface area contributed by atoms with Crippen molar-refractivity contribution in [3.8, 4) is 0 Å². The highest BCUT2D eigenvalue weighted by atomic mass is 16.4. The van der Waals surface area contributed by atoms with Crippen molar-refractivity contribution in [1.29, 1.82) is 0 Å². The summed E-state index contributed by atoms with van der Waals surface area (Å²) in [5.41, 5.74) is -1.41. The maximum Gasteiger partial charge on any atom is 0.318 e. The number of carbonyl (C=O) groups is 2. The lowest BCUT2D eigenvalue weighted by molar-refractivity contribution is -0.152. The highest BCUT2D eigenvalue weighted by Crippen LogP contribution is 2.26. The average molecular weight is 237 g/mol. The maximum atomic E-state index is 12.2. The normalized spacial score (nSPS) is 15.5. The SMILES string of the molecule is CC(C)(C(=O)O)C(=O)N1CCCn2nccc21. The van der Waals surface area contributed by atoms with E-state index in [2.05, 4.69) is 5.10 Å². The minimum Gasteiger partial charge on any atom is -0.480 e. The highest BCUT2D eigenvalue weighted by Gasteiger charge is 2.41. The lowest BCUT2D eigenvalue weighted by Crippen LogP contribution is -2.48. The molecule has 0 saturated carbocycles. The molecule has 0 atom stereocenters. The number of aliphatic carboxylic acids is 1. The summed E-state index contributed by atoms with van der Waals surface area (Å²) in [5.74, 6) is -0.832. The number of hydrogen-bond acceptors (Lipinski definition) is 3. The molecule has 1 amide bonds. The van der Waals surface area contributed by atoms with Gasteiger partial charge in [-0.25, -0.2) is 4.68 Å². The molecule has 0 aliphatic carbocycles. The third kappa shape index (κ3) is 1.79. The number of carboxylic acids is 1. The quantitative estimate of drug-likeness (QED) is 0.769. The van der Waals surface area contributed by atoms with Crippen LogP contribution in [0.4, 0.5) is 5.82 Å². The van der Waals surface area contributed by atoms with E-state index in [-0.39, 0.29) is 0 Å². The van der Waals surface area contributed by atoms with E-state index in [9.17, 15) is 9.59 Å². The van der Waals surface area contributed by atoms with Gasteiger partial charge in [-0.05, 0) is 20.3 Å². The zero-order valence-corrected chi connectivity index (χ0v) is 9.88. The van der Waals surface area contributed by atoms with E-state index in [1.54, 1.807) is 16.9 Å². The molecule has 0 fully saturated rings. The van der Waals surface area contributed by atoms with Gasteiger partial charge < -0.3 is 5.11 Å². The molecule has 92 valence electrons. The fraction of sp³-hybridized carbons (Fsp3) is 0.545. The van der Waals surface area contributed by atoms with E-state index < -0.39 is 17.3 Å². The molecule has 1 aromatic heterocycles. The Balaban J connectivity index is 2.32. The Morgan fingerprint density at radius 2 is 2.12 bits per heavy atom. The number of nitrogens with zero attached hydrogens (tertiary/aromatic N) is 3. The summed E-state index contributed by atoms with van der Waals surface area (Å²) >= 11 is 0. The van der Waals surface area contributed by atoms with Crippen molar-refractivity contribution >= 4 is 17.7 Å². The number of anilines is 1. The first kappa shape index (κ1) is 11.6. The van der Waals surface area contributed by atoms with Gasteiger partial charge in [0.2, 0.25) is 5.91 Å². The van der Waals surface area contributed by atoms with Gasteiger partial charge in [-0.1, -0.05) is 0 Å². The number of aryl methyl sites for hydroxylation is 1. The van der Waals surface area contributed by atoms with Gasteiger partial charge in [0.1, 0.15) is 11.2 Å². The molecular weight excluding hydrogens is 222 g/mol. The summed E-state index contributed by atoms with van der Waals surface area (Å²) < 4.78 is 1.72. The number of amides is 1. The molecule has 1 aliphatic heterocycles. The predicted octanol–water partition coefficient (Wildman–Crippen LogP) is 0.731. The van der Waals surface area contributed by atoms with E-state index in [4.69, 9.17) is 5.11 Å². The molecule has 6 nitrogen and oxygen atoms in total. The molecule has 1 N–H and O–H groups in total. The molecule has 0 bridgehead atoms. The van der Waals surface area contributed by atoms with Gasteiger partial charge in [-0.3, -0.25) is 14.5 Å². The molecule has 0 aromatic carbocycles. The molecule has 0 spiro atoms. The van der Waals surface area contributed by atoms with Crippen LogP contribution in [0, 0.1) is 5.41 Å². The second-order valence-electron chi connectivity index (χ2n) is 4.65. The molecule has 0 saturated heterocycles. The Morgan fingerprint density at radius 3 is 2.76 bits per heavy atom. The van der Waals surface area contributed by atoms with Crippen molar-refractivity contribution < 1.29 is 14.7 Å². The van der Waals surface area contributed by atoms with Crippen LogP contribution in [0.5, 0.6) is 0 Å². The van der Waals surface area contributed by atoms with Crippen molar-refractivity contribution in [2.75, 3.05) is 11.4 Å². The first-order valence-electron chi connectivity index (χ1n) is 5.52. The van der Waals surface area contributed by atoms with Gasteiger partial charge in [-0.15, -0.1) is 0 Å². The van der Waals surface area contributed by atoms with Crippen molar-refractivity contribution in [2.45, 2.75) is 26.8 Å². The van der Waals surface area contributed by atoms with Crippen LogP contribution in [0.15, 0.2) is 12.3 Å². The van der Waals surface area contributed by atoms with Crippen LogP contribution in [-0.2, 0) is 16.1 Å². The Hall–Kier alpha value is -1.85. The standard InChI is InChI=1S/C11H15N3O3/c1-11(2,10(16)17)9(15)13-6-3-7-14-8(13)4-5-12-14/h4-5H,3,6-7H2,1-2H3,(H,16,17). The lowest BCUT2D eigenvalue weighted by Gasteiger charge is -2.32. The van der Waals surface area contributed by atoms with Crippen molar-refractivity contribution in [3.05, 3.63) is 12.3 Å². The molecule has 0 unspecified atom stereocenters. The molecule has 2 rings (SSSR count). The van der Waals surface area contributed by atoms with E-state index in [1.807, 2.05) is 0 Å². The van der Waals surface area contributed by atoms with Gasteiger partial charge in [0.15, 0.2) is 0 Å². The minimum absolute atomic E-state index is 0.397. The molecule has 6 heteroatoms. The Kier molecular flexibility index (Phi) is 2.65. The summed E-state index contributed by atoms with van der Waals surface area (Å²) in [6.45, 7) is 4.15. The predicted molar refractivity (Wildman–Crippen MR) is 60.6 cm³/mol. The van der Waals surface area contributed by atoms with E-state index in [0.717, 1.165) is 13.0 Å². The van der Waals surface area contributed by atoms with Crippen molar-refractivity contribution in [2.24, 2.45) is 5.41 Å². The fourth-order valence-electron chi connectivity index (χ4n) is 1.85. The molecule has 0 radical (unpaired) electrons. The third-order valence-electron chi connectivity index (χ3n) is 3.04. The Bertz CT molecular complexity index is 464. The zero-order valence-electron chi connectivity index (χ0n) is 9.88. The van der Waals surface area contributed by atoms with Crippen LogP contribution in [0.2, 0.25) is 0 Å². The van der Waals surface area contributed by atoms with Gasteiger partial charge in [0.05, 0.1) is 6.20 Å². The van der Waals surface area contributed by atoms with Crippen molar-refractivity contribution in [3.63, 3.8) is 0 Å². The number of rotatable bonds is 2. The second kappa shape index (κ2) is 3.87. The van der Waals surface area contributed by atoms with E-state index in [1.165, 1.54) is 18.7 Å². The molecule has 1 aliphatic rings. The molecular formula is C11H15N3O3. The molecule has 2 heterocycles. The number of hydrogen-bond donors (Lipinski definition) is 1. The molecule has 1 aromatic rings. The second-order valence-corrected chi connectivity index (χ2v) is 4.65. The largest absolute Gasteiger partial charge is 0.480 e. The highest BCUT2D eigenvalue weighted by molar-refractivity contribution is 6.08. The summed E-state index contributed by atoms with van der Waals surface area (Å²) in [4.78, 5) is 24.8. The summed E-state index contributed by atoms with van der Waals surface area (Å²) in [6.07, 6.45) is 2.41. The topological polar surface area (TPSA) is 75.4 Å². The van der Waals surface area contributed by atoms with E-state index >= 15 is 0 Å². The van der Waals surface area contributed by atoms with Gasteiger partial charge >= 0.3 is 5.97 Å². The summed E-state index contributed by atoms with van der Waals surface area (Å²) in [5, 5.41) is 13.2. The zero-order chi connectivity index (χ0) is 12.6. The van der Waals surface area contributed by atoms with Crippen LogP contribution < -0.4 is 4.90 Å². The van der Waals surface area contributed by atoms with Gasteiger partial charge in [0.25, 0.3) is 0 Å². The minimum atomic E-state index is -1.41. The third-order valence-corrected chi connectivity index (χ3v) is 3.04. The van der Waals surface area contributed by atoms with Crippen LogP contribution in [0.25, 0.3) is 0 Å². The number of aromatic nitrogens is 2. The number of carboxylic acid groups (broad SMARTS) is 1. The van der Waals surface area contributed by atoms with Crippen LogP contribution in [0.3, 0.4) is 0 Å². The first-order chi connectivity index (χ1) is 7.94.